The summed E-state index contributed by atoms with van der Waals surface area (Å²) in [5.74, 6) is 1.48. The van der Waals surface area contributed by atoms with Gasteiger partial charge >= 0.3 is 0 Å². The third-order valence-corrected chi connectivity index (χ3v) is 4.22. The van der Waals surface area contributed by atoms with Gasteiger partial charge in [-0.1, -0.05) is 54.7 Å². The van der Waals surface area contributed by atoms with Crippen LogP contribution in [0.3, 0.4) is 0 Å². The fourth-order valence-electron chi connectivity index (χ4n) is 0.487. The smallest absolute Gasteiger partial charge is 0.0248 e. The van der Waals surface area contributed by atoms with E-state index in [2.05, 4.69) is 54.7 Å². The Kier molecular flexibility index (Phi) is 7.16. The molecule has 0 spiro atoms. The van der Waals surface area contributed by atoms with Crippen molar-refractivity contribution in [3.8, 4) is 0 Å². The minimum atomic E-state index is 0.593. The van der Waals surface area contributed by atoms with E-state index in [4.69, 9.17) is 0 Å². The first kappa shape index (κ1) is 10.4. The van der Waals surface area contributed by atoms with Gasteiger partial charge in [0.05, 0.1) is 0 Å². The van der Waals surface area contributed by atoms with E-state index in [1.54, 1.807) is 0 Å². The molecule has 0 rings (SSSR count). The molecule has 0 aromatic heterocycles. The van der Waals surface area contributed by atoms with E-state index in [1.165, 1.54) is 5.92 Å². The Labute approximate surface area is 82.2 Å². The summed E-state index contributed by atoms with van der Waals surface area (Å²) in [5.41, 5.74) is 0. The highest BCUT2D eigenvalue weighted by Crippen LogP contribution is 2.17. The van der Waals surface area contributed by atoms with E-state index in [0.29, 0.717) is 4.83 Å². The Hall–Kier alpha value is 1.44. The average Bonchev–Trinajstić information content (AvgIpc) is 1.87. The van der Waals surface area contributed by atoms with Crippen LogP contribution in [0.5, 0.6) is 0 Å². The van der Waals surface area contributed by atoms with Gasteiger partial charge in [0, 0.05) is 15.5 Å². The fraction of sp³-hybridized carbons (Fsp3) is 0.833. The summed E-state index contributed by atoms with van der Waals surface area (Å²) in [6, 6.07) is 0. The molecule has 0 aliphatic carbocycles. The summed E-state index contributed by atoms with van der Waals surface area (Å²) >= 11 is 10.3. The van der Waals surface area contributed by atoms with Crippen LogP contribution in [0, 0.1) is 5.92 Å². The number of rotatable bonds is 4. The summed E-state index contributed by atoms with van der Waals surface area (Å²) in [6.07, 6.45) is 1.15. The molecule has 3 heteroatoms. The molecule has 0 saturated carbocycles. The van der Waals surface area contributed by atoms with Crippen LogP contribution < -0.4 is 0 Å². The van der Waals surface area contributed by atoms with Gasteiger partial charge in [-0.15, -0.1) is 0 Å². The van der Waals surface area contributed by atoms with Crippen molar-refractivity contribution in [1.29, 1.82) is 0 Å². The predicted octanol–water partition coefficient (Wildman–Crippen LogP) is 3.52. The van der Waals surface area contributed by atoms with E-state index < -0.39 is 0 Å². The maximum atomic E-state index is 3.53. The minimum Gasteiger partial charge on any atom is -0.0922 e. The van der Waals surface area contributed by atoms with Crippen LogP contribution >= 0.6 is 47.8 Å². The van der Waals surface area contributed by atoms with Crippen LogP contribution in [0.2, 0.25) is 0 Å². The molecule has 0 bridgehead atoms. The zero-order valence-electron chi connectivity index (χ0n) is 5.33. The Morgan fingerprint density at radius 1 is 1.44 bits per heavy atom. The molecule has 9 heavy (non-hydrogen) atoms. The van der Waals surface area contributed by atoms with Crippen molar-refractivity contribution in [2.24, 2.45) is 0 Å². The van der Waals surface area contributed by atoms with E-state index >= 15 is 0 Å². The Morgan fingerprint density at radius 2 is 2.00 bits per heavy atom. The average molecular weight is 322 g/mol. The fourth-order valence-corrected chi connectivity index (χ4v) is 1.50. The first-order chi connectivity index (χ1) is 4.20. The molecule has 0 aromatic rings. The second kappa shape index (κ2) is 6.17. The maximum absolute atomic E-state index is 3.53. The quantitative estimate of drug-likeness (QED) is 0.695. The van der Waals surface area contributed by atoms with Gasteiger partial charge in [-0.2, -0.15) is 0 Å². The lowest BCUT2D eigenvalue weighted by Gasteiger charge is -2.09. The second-order valence-corrected chi connectivity index (χ2v) is 4.55. The topological polar surface area (TPSA) is 0 Å². The lowest BCUT2D eigenvalue weighted by Crippen LogP contribution is -2.05. The molecule has 0 aromatic carbocycles. The van der Waals surface area contributed by atoms with Crippen LogP contribution in [0.1, 0.15) is 13.3 Å². The summed E-state index contributed by atoms with van der Waals surface area (Å²) in [5, 5.41) is 2.04. The van der Waals surface area contributed by atoms with Gasteiger partial charge in [0.2, 0.25) is 0 Å². The maximum Gasteiger partial charge on any atom is 0.0248 e. The van der Waals surface area contributed by atoms with Crippen molar-refractivity contribution in [1.82, 2.24) is 0 Å². The number of halogens is 3. The van der Waals surface area contributed by atoms with Crippen LogP contribution in [0.4, 0.5) is 0 Å². The molecular formula is C6H10Br3. The van der Waals surface area contributed by atoms with Gasteiger partial charge in [-0.25, -0.2) is 0 Å². The third kappa shape index (κ3) is 5.86. The minimum absolute atomic E-state index is 0.593. The van der Waals surface area contributed by atoms with Gasteiger partial charge < -0.3 is 0 Å². The van der Waals surface area contributed by atoms with Crippen molar-refractivity contribution < 1.29 is 0 Å². The molecule has 1 atom stereocenters. The number of alkyl halides is 3. The standard InChI is InChI=1S/C6H10Br3/c1-5(3-7)2-6(9)4-8/h6H,2-4H2,1H3. The van der Waals surface area contributed by atoms with Crippen LogP contribution in [-0.4, -0.2) is 15.5 Å². The van der Waals surface area contributed by atoms with Crippen molar-refractivity contribution in [3.05, 3.63) is 5.92 Å². The predicted molar refractivity (Wildman–Crippen MR) is 53.8 cm³/mol. The zero-order chi connectivity index (χ0) is 7.28. The summed E-state index contributed by atoms with van der Waals surface area (Å²) in [6.45, 7) is 2.16. The van der Waals surface area contributed by atoms with Crippen LogP contribution in [0.15, 0.2) is 0 Å². The summed E-state index contributed by atoms with van der Waals surface area (Å²) in [7, 11) is 0. The van der Waals surface area contributed by atoms with Gasteiger partial charge in [0.25, 0.3) is 0 Å². The molecule has 55 valence electrons. The lowest BCUT2D eigenvalue weighted by molar-refractivity contribution is 0.851. The molecule has 0 amide bonds. The highest BCUT2D eigenvalue weighted by molar-refractivity contribution is 9.12. The largest absolute Gasteiger partial charge is 0.0922 e. The van der Waals surface area contributed by atoms with E-state index in [-0.39, 0.29) is 0 Å². The molecule has 1 unspecified atom stereocenters. The van der Waals surface area contributed by atoms with Crippen molar-refractivity contribution in [2.75, 3.05) is 10.7 Å². The highest BCUT2D eigenvalue weighted by atomic mass is 79.9. The first-order valence-corrected chi connectivity index (χ1v) is 5.93. The highest BCUT2D eigenvalue weighted by Gasteiger charge is 2.07. The second-order valence-electron chi connectivity index (χ2n) is 2.05. The monoisotopic (exact) mass is 319 g/mol. The third-order valence-electron chi connectivity index (χ3n) is 0.966. The first-order valence-electron chi connectivity index (χ1n) is 2.78. The number of hydrogen-bond donors (Lipinski definition) is 0. The molecule has 0 saturated heterocycles. The summed E-state index contributed by atoms with van der Waals surface area (Å²) in [4.78, 5) is 0.593. The zero-order valence-corrected chi connectivity index (χ0v) is 10.1. The SMILES string of the molecule is C[C](CBr)CC(Br)CBr. The molecule has 0 fully saturated rings. The van der Waals surface area contributed by atoms with Crippen molar-refractivity contribution >= 4 is 47.8 Å². The molecular weight excluding hydrogens is 312 g/mol. The molecule has 0 N–H and O–H groups in total. The summed E-state index contributed by atoms with van der Waals surface area (Å²) < 4.78 is 0. The molecule has 0 aliphatic rings. The number of hydrogen-bond acceptors (Lipinski definition) is 0. The van der Waals surface area contributed by atoms with Crippen molar-refractivity contribution in [2.45, 2.75) is 18.2 Å². The van der Waals surface area contributed by atoms with Gasteiger partial charge in [-0.05, 0) is 12.3 Å². The van der Waals surface area contributed by atoms with Gasteiger partial charge in [-0.3, -0.25) is 0 Å². The van der Waals surface area contributed by atoms with Crippen molar-refractivity contribution in [3.63, 3.8) is 0 Å². The lowest BCUT2D eigenvalue weighted by atomic mass is 10.1. The molecule has 0 heterocycles. The van der Waals surface area contributed by atoms with E-state index in [9.17, 15) is 0 Å². The van der Waals surface area contributed by atoms with Gasteiger partial charge in [0.1, 0.15) is 0 Å². The van der Waals surface area contributed by atoms with Gasteiger partial charge in [0.15, 0.2) is 0 Å². The Bertz CT molecular complexity index is 57.3. The van der Waals surface area contributed by atoms with Crippen LogP contribution in [0.25, 0.3) is 0 Å². The molecule has 0 aliphatic heterocycles. The van der Waals surface area contributed by atoms with Crippen LogP contribution in [-0.2, 0) is 0 Å². The van der Waals surface area contributed by atoms with E-state index in [1.807, 2.05) is 0 Å². The Morgan fingerprint density at radius 3 is 2.33 bits per heavy atom. The normalized spacial score (nSPS) is 14.3. The molecule has 1 radical (unpaired) electrons. The molecule has 0 nitrogen and oxygen atoms in total. The Balaban J connectivity index is 3.22. The van der Waals surface area contributed by atoms with E-state index in [0.717, 1.165) is 17.1 Å².